The van der Waals surface area contributed by atoms with Crippen LogP contribution in [0.5, 0.6) is 5.75 Å². The minimum absolute atomic E-state index is 0.153. The summed E-state index contributed by atoms with van der Waals surface area (Å²) in [6, 6.07) is 10.9. The van der Waals surface area contributed by atoms with Crippen LogP contribution in [-0.2, 0) is 24.2 Å². The monoisotopic (exact) mass is 425 g/mol. The van der Waals surface area contributed by atoms with Crippen molar-refractivity contribution < 1.29 is 13.9 Å². The van der Waals surface area contributed by atoms with Crippen molar-refractivity contribution >= 4 is 23.4 Å². The molecule has 2 heterocycles. The number of amides is 1. The molecule has 4 rings (SSSR count). The zero-order chi connectivity index (χ0) is 20.9. The fraction of sp³-hybridized carbons (Fsp3) is 0.318. The molecule has 1 N–H and O–H groups in total. The Morgan fingerprint density at radius 1 is 1.27 bits per heavy atom. The molecule has 156 valence electrons. The maximum absolute atomic E-state index is 12.7. The average molecular weight is 426 g/mol. The first-order chi connectivity index (χ1) is 14.6. The van der Waals surface area contributed by atoms with E-state index in [1.165, 1.54) is 11.8 Å². The molecule has 0 unspecified atom stereocenters. The maximum atomic E-state index is 12.7. The fourth-order valence-corrected chi connectivity index (χ4v) is 4.50. The van der Waals surface area contributed by atoms with Gasteiger partial charge in [-0.1, -0.05) is 17.8 Å². The molecule has 1 amide bonds. The van der Waals surface area contributed by atoms with Crippen LogP contribution in [0.15, 0.2) is 56.9 Å². The van der Waals surface area contributed by atoms with Crippen LogP contribution in [0.4, 0.5) is 5.69 Å². The van der Waals surface area contributed by atoms with Crippen molar-refractivity contribution in [2.24, 2.45) is 0 Å². The van der Waals surface area contributed by atoms with Crippen LogP contribution in [0.1, 0.15) is 29.9 Å². The van der Waals surface area contributed by atoms with Gasteiger partial charge in [-0.05, 0) is 49.9 Å². The number of fused-ring (bicyclic) bond motifs is 1. The van der Waals surface area contributed by atoms with Crippen molar-refractivity contribution in [2.45, 2.75) is 37.3 Å². The SMILES string of the molecule is COc1cccc(NC(=O)CSc2nc(=O)n(Cc3ccco3)c3c2CCCC3)c1. The second kappa shape index (κ2) is 9.21. The Balaban J connectivity index is 1.50. The quantitative estimate of drug-likeness (QED) is 0.461. The third-order valence-corrected chi connectivity index (χ3v) is 6.06. The highest BCUT2D eigenvalue weighted by Crippen LogP contribution is 2.29. The summed E-state index contributed by atoms with van der Waals surface area (Å²) in [4.78, 5) is 29.4. The lowest BCUT2D eigenvalue weighted by Crippen LogP contribution is -2.30. The highest BCUT2D eigenvalue weighted by atomic mass is 32.2. The number of furan rings is 1. The molecule has 7 nitrogen and oxygen atoms in total. The van der Waals surface area contributed by atoms with Gasteiger partial charge in [-0.3, -0.25) is 9.36 Å². The third-order valence-electron chi connectivity index (χ3n) is 5.04. The molecule has 0 spiro atoms. The molecule has 0 radical (unpaired) electrons. The van der Waals surface area contributed by atoms with E-state index in [9.17, 15) is 9.59 Å². The lowest BCUT2D eigenvalue weighted by atomic mass is 9.97. The Kier molecular flexibility index (Phi) is 6.23. The molecule has 0 bridgehead atoms. The van der Waals surface area contributed by atoms with Crippen LogP contribution >= 0.6 is 11.8 Å². The number of nitrogens with zero attached hydrogens (tertiary/aromatic N) is 2. The number of thioether (sulfide) groups is 1. The maximum Gasteiger partial charge on any atom is 0.349 e. The highest BCUT2D eigenvalue weighted by Gasteiger charge is 2.21. The summed E-state index contributed by atoms with van der Waals surface area (Å²) in [7, 11) is 1.58. The molecule has 1 aliphatic rings. The zero-order valence-corrected chi connectivity index (χ0v) is 17.5. The predicted octanol–water partition coefficient (Wildman–Crippen LogP) is 3.50. The highest BCUT2D eigenvalue weighted by molar-refractivity contribution is 8.00. The standard InChI is InChI=1S/C22H23N3O4S/c1-28-16-7-4-6-15(12-16)23-20(26)14-30-21-18-9-2-3-10-19(18)25(22(27)24-21)13-17-8-5-11-29-17/h4-8,11-12H,2-3,9-10,13-14H2,1H3,(H,23,26). The van der Waals surface area contributed by atoms with E-state index in [4.69, 9.17) is 9.15 Å². The van der Waals surface area contributed by atoms with Gasteiger partial charge in [0.05, 0.1) is 25.7 Å². The second-order valence-corrected chi connectivity index (χ2v) is 8.03. The first-order valence-electron chi connectivity index (χ1n) is 9.85. The van der Waals surface area contributed by atoms with Gasteiger partial charge in [-0.25, -0.2) is 4.79 Å². The Morgan fingerprint density at radius 2 is 2.13 bits per heavy atom. The molecule has 0 saturated heterocycles. The Morgan fingerprint density at radius 3 is 2.93 bits per heavy atom. The normalized spacial score (nSPS) is 13.0. The lowest BCUT2D eigenvalue weighted by Gasteiger charge is -2.22. The first kappa shape index (κ1) is 20.3. The molecule has 3 aromatic rings. The van der Waals surface area contributed by atoms with Crippen molar-refractivity contribution in [3.63, 3.8) is 0 Å². The minimum atomic E-state index is -0.303. The van der Waals surface area contributed by atoms with Gasteiger partial charge in [-0.15, -0.1) is 0 Å². The van der Waals surface area contributed by atoms with E-state index in [1.54, 1.807) is 30.1 Å². The number of anilines is 1. The van der Waals surface area contributed by atoms with E-state index >= 15 is 0 Å². The van der Waals surface area contributed by atoms with E-state index < -0.39 is 0 Å². The number of nitrogens with one attached hydrogen (secondary N) is 1. The van der Waals surface area contributed by atoms with Crippen LogP contribution in [0.2, 0.25) is 0 Å². The topological polar surface area (TPSA) is 86.4 Å². The molecule has 0 fully saturated rings. The van der Waals surface area contributed by atoms with Crippen molar-refractivity contribution in [1.29, 1.82) is 0 Å². The van der Waals surface area contributed by atoms with Gasteiger partial charge in [0.15, 0.2) is 0 Å². The van der Waals surface area contributed by atoms with Crippen LogP contribution in [0, 0.1) is 0 Å². The average Bonchev–Trinajstić information content (AvgIpc) is 3.28. The third kappa shape index (κ3) is 4.59. The van der Waals surface area contributed by atoms with E-state index in [-0.39, 0.29) is 17.3 Å². The van der Waals surface area contributed by atoms with E-state index in [2.05, 4.69) is 10.3 Å². The fourth-order valence-electron chi connectivity index (χ4n) is 3.62. The Bertz CT molecular complexity index is 1090. The molecule has 30 heavy (non-hydrogen) atoms. The van der Waals surface area contributed by atoms with Gasteiger partial charge >= 0.3 is 5.69 Å². The summed E-state index contributed by atoms with van der Waals surface area (Å²) < 4.78 is 12.3. The number of carbonyl (C=O) groups is 1. The minimum Gasteiger partial charge on any atom is -0.497 e. The molecule has 0 aliphatic heterocycles. The number of benzene rings is 1. The van der Waals surface area contributed by atoms with Crippen LogP contribution in [0.25, 0.3) is 0 Å². The molecular weight excluding hydrogens is 402 g/mol. The van der Waals surface area contributed by atoms with E-state index in [0.29, 0.717) is 23.0 Å². The molecule has 8 heteroatoms. The summed E-state index contributed by atoms with van der Waals surface area (Å²) >= 11 is 1.31. The zero-order valence-electron chi connectivity index (χ0n) is 16.7. The van der Waals surface area contributed by atoms with Crippen molar-refractivity contribution in [3.05, 3.63) is 70.2 Å². The molecule has 1 aliphatic carbocycles. The molecule has 0 atom stereocenters. The van der Waals surface area contributed by atoms with Crippen molar-refractivity contribution in [2.75, 3.05) is 18.2 Å². The van der Waals surface area contributed by atoms with Gasteiger partial charge in [0.1, 0.15) is 16.5 Å². The van der Waals surface area contributed by atoms with Gasteiger partial charge in [0.2, 0.25) is 5.91 Å². The molecule has 0 saturated carbocycles. The number of aromatic nitrogens is 2. The van der Waals surface area contributed by atoms with E-state index in [1.807, 2.05) is 24.3 Å². The summed E-state index contributed by atoms with van der Waals surface area (Å²) in [6.07, 6.45) is 5.38. The smallest absolute Gasteiger partial charge is 0.349 e. The lowest BCUT2D eigenvalue weighted by molar-refractivity contribution is -0.113. The number of hydrogen-bond acceptors (Lipinski definition) is 6. The summed E-state index contributed by atoms with van der Waals surface area (Å²) in [5, 5.41) is 3.52. The Labute approximate surface area is 178 Å². The molecule has 1 aromatic carbocycles. The largest absolute Gasteiger partial charge is 0.497 e. The number of ether oxygens (including phenoxy) is 1. The molecular formula is C22H23N3O4S. The van der Waals surface area contributed by atoms with Gasteiger partial charge in [0, 0.05) is 23.0 Å². The second-order valence-electron chi connectivity index (χ2n) is 7.07. The van der Waals surface area contributed by atoms with Crippen molar-refractivity contribution in [1.82, 2.24) is 9.55 Å². The first-order valence-corrected chi connectivity index (χ1v) is 10.8. The summed E-state index contributed by atoms with van der Waals surface area (Å²) in [5.74, 6) is 1.43. The number of methoxy groups -OCH3 is 1. The predicted molar refractivity (Wildman–Crippen MR) is 115 cm³/mol. The van der Waals surface area contributed by atoms with Crippen LogP contribution < -0.4 is 15.7 Å². The van der Waals surface area contributed by atoms with Crippen molar-refractivity contribution in [3.8, 4) is 5.75 Å². The number of rotatable bonds is 7. The van der Waals surface area contributed by atoms with Gasteiger partial charge in [-0.2, -0.15) is 4.98 Å². The molecule has 2 aromatic heterocycles. The van der Waals surface area contributed by atoms with Crippen LogP contribution in [0.3, 0.4) is 0 Å². The Hall–Kier alpha value is -3.00. The number of hydrogen-bond donors (Lipinski definition) is 1. The van der Waals surface area contributed by atoms with Gasteiger partial charge in [0.25, 0.3) is 0 Å². The summed E-state index contributed by atoms with van der Waals surface area (Å²) in [5.41, 5.74) is 2.45. The van der Waals surface area contributed by atoms with E-state index in [0.717, 1.165) is 42.7 Å². The number of carbonyl (C=O) groups excluding carboxylic acids is 1. The van der Waals surface area contributed by atoms with Gasteiger partial charge < -0.3 is 14.5 Å². The van der Waals surface area contributed by atoms with Crippen LogP contribution in [-0.4, -0.2) is 28.3 Å². The summed E-state index contributed by atoms with van der Waals surface area (Å²) in [6.45, 7) is 0.377.